The number of hydrogen-bond acceptors (Lipinski definition) is 10. The zero-order chi connectivity index (χ0) is 33.3. The van der Waals surface area contributed by atoms with Gasteiger partial charge in [-0.2, -0.15) is 9.59 Å². The molecule has 0 fully saturated rings. The molecule has 0 amide bonds. The van der Waals surface area contributed by atoms with E-state index in [1.807, 2.05) is 104 Å². The number of nitrogens with zero attached hydrogens (tertiary/aromatic N) is 3. The maximum absolute atomic E-state index is 11.0. The summed E-state index contributed by atoms with van der Waals surface area (Å²) in [7, 11) is 0. The molecular formula is C32H39BrN4O5S2. The third-order valence-corrected chi connectivity index (χ3v) is 7.53. The van der Waals surface area contributed by atoms with Gasteiger partial charge in [-0.05, 0) is 13.3 Å². The second-order valence-corrected chi connectivity index (χ2v) is 10.9. The van der Waals surface area contributed by atoms with Crippen molar-refractivity contribution < 1.29 is 24.3 Å². The zero-order valence-electron chi connectivity index (χ0n) is 25.5. The first kappa shape index (κ1) is 40.2. The Bertz CT molecular complexity index is 1480. The summed E-state index contributed by atoms with van der Waals surface area (Å²) in [5.74, 6) is 0.380. The number of nitrogens with two attached hydrogens (primary N) is 1. The second kappa shape index (κ2) is 24.6. The Morgan fingerprint density at radius 3 is 1.89 bits per heavy atom. The summed E-state index contributed by atoms with van der Waals surface area (Å²) in [6.45, 7) is 9.60. The first-order valence-corrected chi connectivity index (χ1v) is 16.4. The number of thiazole rings is 2. The fourth-order valence-corrected chi connectivity index (χ4v) is 4.62. The van der Waals surface area contributed by atoms with E-state index in [1.54, 1.807) is 18.3 Å². The molecule has 0 aliphatic heterocycles. The van der Waals surface area contributed by atoms with Crippen molar-refractivity contribution in [2.24, 2.45) is 0 Å². The Morgan fingerprint density at radius 2 is 1.50 bits per heavy atom. The SMILES string of the molecule is CC.CCC(C)=O.CCc1cnc(N)s1.O=C(CBr)c1ccccc1.O=C=O.OCc1cn2cc(-c3ccccc3)nc2s1. The van der Waals surface area contributed by atoms with Crippen molar-refractivity contribution >= 4 is 66.4 Å². The smallest absolute Gasteiger partial charge is 0.373 e. The van der Waals surface area contributed by atoms with Crippen LogP contribution in [0.15, 0.2) is 79.3 Å². The number of aromatic nitrogens is 3. The molecule has 0 saturated heterocycles. The van der Waals surface area contributed by atoms with Gasteiger partial charge < -0.3 is 15.6 Å². The lowest BCUT2D eigenvalue weighted by atomic mass is 10.2. The van der Waals surface area contributed by atoms with E-state index < -0.39 is 0 Å². The number of nitrogen functional groups attached to an aromatic ring is 1. The van der Waals surface area contributed by atoms with Gasteiger partial charge in [-0.3, -0.25) is 9.20 Å². The third kappa shape index (κ3) is 16.2. The Labute approximate surface area is 274 Å². The number of halogens is 1. The van der Waals surface area contributed by atoms with Crippen molar-refractivity contribution in [2.75, 3.05) is 11.1 Å². The average Bonchev–Trinajstić information content (AvgIpc) is 3.78. The van der Waals surface area contributed by atoms with Crippen molar-refractivity contribution in [3.63, 3.8) is 0 Å². The van der Waals surface area contributed by atoms with E-state index >= 15 is 0 Å². The van der Waals surface area contributed by atoms with Gasteiger partial charge in [-0.1, -0.05) is 116 Å². The van der Waals surface area contributed by atoms with Crippen molar-refractivity contribution in [3.05, 3.63) is 94.6 Å². The van der Waals surface area contributed by atoms with Gasteiger partial charge in [0.05, 0.1) is 22.5 Å². The number of alkyl halides is 1. The van der Waals surface area contributed by atoms with E-state index in [0.29, 0.717) is 16.9 Å². The predicted molar refractivity (Wildman–Crippen MR) is 182 cm³/mol. The number of carbonyl (C=O) groups excluding carboxylic acids is 4. The molecule has 2 aromatic carbocycles. The van der Waals surface area contributed by atoms with Crippen molar-refractivity contribution in [1.82, 2.24) is 14.4 Å². The van der Waals surface area contributed by atoms with Crippen LogP contribution in [0.2, 0.25) is 0 Å². The number of carbonyl (C=O) groups is 2. The van der Waals surface area contributed by atoms with Crippen LogP contribution in [-0.4, -0.2) is 42.5 Å². The Kier molecular flexibility index (Phi) is 22.5. The number of anilines is 1. The fourth-order valence-electron chi connectivity index (χ4n) is 2.85. The summed E-state index contributed by atoms with van der Waals surface area (Å²) in [5.41, 5.74) is 8.21. The monoisotopic (exact) mass is 702 g/mol. The summed E-state index contributed by atoms with van der Waals surface area (Å²) >= 11 is 6.17. The number of benzene rings is 2. The Balaban J connectivity index is 0.000000574. The van der Waals surface area contributed by atoms with Crippen LogP contribution in [-0.2, 0) is 27.4 Å². The number of Topliss-reactive ketones (excluding diaryl/α,β-unsaturated/α-hetero) is 2. The number of aliphatic hydroxyl groups is 1. The molecule has 0 unspecified atom stereocenters. The molecule has 0 spiro atoms. The van der Waals surface area contributed by atoms with Crippen LogP contribution in [0.25, 0.3) is 16.2 Å². The molecule has 44 heavy (non-hydrogen) atoms. The lowest BCUT2D eigenvalue weighted by Gasteiger charge is -1.93. The van der Waals surface area contributed by atoms with E-state index in [9.17, 15) is 9.59 Å². The molecule has 3 aromatic heterocycles. The molecule has 5 aromatic rings. The lowest BCUT2D eigenvalue weighted by Crippen LogP contribution is -1.98. The largest absolute Gasteiger partial charge is 0.391 e. The van der Waals surface area contributed by atoms with E-state index in [0.717, 1.165) is 33.1 Å². The molecule has 5 rings (SSSR count). The van der Waals surface area contributed by atoms with E-state index in [2.05, 4.69) is 32.8 Å². The number of aryl methyl sites for hydroxylation is 1. The molecule has 3 N–H and O–H groups in total. The highest BCUT2D eigenvalue weighted by molar-refractivity contribution is 9.09. The summed E-state index contributed by atoms with van der Waals surface area (Å²) < 4.78 is 1.96. The first-order valence-electron chi connectivity index (χ1n) is 13.7. The molecule has 3 heterocycles. The number of ketones is 2. The van der Waals surface area contributed by atoms with Gasteiger partial charge in [0.15, 0.2) is 15.9 Å². The Hall–Kier alpha value is -3.80. The summed E-state index contributed by atoms with van der Waals surface area (Å²) in [5, 5.41) is 10.1. The number of imidazole rings is 1. The number of fused-ring (bicyclic) bond motifs is 1. The number of aliphatic hydroxyl groups excluding tert-OH is 1. The van der Waals surface area contributed by atoms with Crippen LogP contribution in [0.3, 0.4) is 0 Å². The molecular weight excluding hydrogens is 664 g/mol. The van der Waals surface area contributed by atoms with E-state index in [-0.39, 0.29) is 24.3 Å². The van der Waals surface area contributed by atoms with E-state index in [4.69, 9.17) is 20.4 Å². The van der Waals surface area contributed by atoms with Crippen LogP contribution in [0.1, 0.15) is 61.2 Å². The average molecular weight is 704 g/mol. The van der Waals surface area contributed by atoms with Gasteiger partial charge in [0, 0.05) is 41.0 Å². The molecule has 9 nitrogen and oxygen atoms in total. The van der Waals surface area contributed by atoms with Crippen LogP contribution < -0.4 is 5.73 Å². The molecule has 236 valence electrons. The highest BCUT2D eigenvalue weighted by Crippen LogP contribution is 2.23. The molecule has 0 aliphatic rings. The van der Waals surface area contributed by atoms with Crippen LogP contribution in [0.5, 0.6) is 0 Å². The number of rotatable bonds is 6. The normalized spacial score (nSPS) is 9.07. The summed E-state index contributed by atoms with van der Waals surface area (Å²) in [4.78, 5) is 48.5. The minimum atomic E-state index is 0.0781. The van der Waals surface area contributed by atoms with Gasteiger partial charge in [0.2, 0.25) is 0 Å². The standard InChI is InChI=1S/C12H10N2OS.C8H7BrO.C5H8N2S.C4H8O.C2H6.CO2/c15-8-10-6-14-7-11(13-12(14)16-10)9-4-2-1-3-5-9;9-6-8(10)7-4-2-1-3-5-7;1-2-4-3-7-5(6)8-4;1-3-4(2)5;1-2;2-1-3/h1-7,15H,8H2;1-5H,6H2;3H,2H2,1H3,(H2,6,7);3H2,1-2H3;1-2H3;. The van der Waals surface area contributed by atoms with Gasteiger partial charge in [-0.15, -0.1) is 11.3 Å². The van der Waals surface area contributed by atoms with Crippen LogP contribution in [0.4, 0.5) is 5.13 Å². The predicted octanol–water partition coefficient (Wildman–Crippen LogP) is 7.54. The van der Waals surface area contributed by atoms with Crippen LogP contribution in [0, 0.1) is 0 Å². The lowest BCUT2D eigenvalue weighted by molar-refractivity contribution is -0.191. The van der Waals surface area contributed by atoms with Crippen molar-refractivity contribution in [3.8, 4) is 11.3 Å². The fraction of sp³-hybridized carbons (Fsp3) is 0.281. The third-order valence-electron chi connectivity index (χ3n) is 5.06. The minimum Gasteiger partial charge on any atom is -0.391 e. The summed E-state index contributed by atoms with van der Waals surface area (Å²) in [6.07, 6.45) is 7.68. The Morgan fingerprint density at radius 1 is 0.955 bits per heavy atom. The van der Waals surface area contributed by atoms with E-state index in [1.165, 1.54) is 16.2 Å². The van der Waals surface area contributed by atoms with Crippen molar-refractivity contribution in [2.45, 2.75) is 54.1 Å². The zero-order valence-corrected chi connectivity index (χ0v) is 28.7. The van der Waals surface area contributed by atoms with Crippen LogP contribution >= 0.6 is 38.6 Å². The minimum absolute atomic E-state index is 0.0781. The highest BCUT2D eigenvalue weighted by atomic mass is 79.9. The van der Waals surface area contributed by atoms with Gasteiger partial charge in [0.25, 0.3) is 0 Å². The van der Waals surface area contributed by atoms with Crippen molar-refractivity contribution in [1.29, 1.82) is 0 Å². The first-order chi connectivity index (χ1) is 21.2. The maximum atomic E-state index is 11.0. The maximum Gasteiger partial charge on any atom is 0.373 e. The molecule has 12 heteroatoms. The molecule has 0 radical (unpaired) electrons. The van der Waals surface area contributed by atoms with Gasteiger partial charge in [0.1, 0.15) is 5.78 Å². The summed E-state index contributed by atoms with van der Waals surface area (Å²) in [6, 6.07) is 19.3. The molecule has 0 saturated carbocycles. The number of hydrogen-bond donors (Lipinski definition) is 2. The molecule has 0 bridgehead atoms. The molecule has 0 aliphatic carbocycles. The highest BCUT2D eigenvalue weighted by Gasteiger charge is 2.07. The quantitative estimate of drug-likeness (QED) is 0.136. The second-order valence-electron chi connectivity index (χ2n) is 8.12. The molecule has 0 atom stereocenters. The van der Waals surface area contributed by atoms with Gasteiger partial charge >= 0.3 is 6.15 Å². The van der Waals surface area contributed by atoms with Gasteiger partial charge in [-0.25, -0.2) is 9.97 Å². The topological polar surface area (TPSA) is 145 Å².